The van der Waals surface area contributed by atoms with Gasteiger partial charge >= 0.3 is 6.01 Å². The smallest absolute Gasteiger partial charge is 0.321 e. The summed E-state index contributed by atoms with van der Waals surface area (Å²) in [7, 11) is 1.42. The van der Waals surface area contributed by atoms with Crippen molar-refractivity contribution >= 4 is 11.6 Å². The first-order valence-electron chi connectivity index (χ1n) is 4.81. The van der Waals surface area contributed by atoms with E-state index in [1.807, 2.05) is 0 Å². The summed E-state index contributed by atoms with van der Waals surface area (Å²) in [6, 6.07) is 4.61. The summed E-state index contributed by atoms with van der Waals surface area (Å²) in [5, 5.41) is 0.00812. The van der Waals surface area contributed by atoms with Crippen molar-refractivity contribution in [1.29, 1.82) is 0 Å². The Kier molecular flexibility index (Phi) is 3.19. The van der Waals surface area contributed by atoms with Crippen molar-refractivity contribution < 1.29 is 9.13 Å². The number of aryl methyl sites for hydroxylation is 1. The minimum atomic E-state index is -0.351. The van der Waals surface area contributed by atoms with Crippen molar-refractivity contribution in [3.05, 3.63) is 34.9 Å². The van der Waals surface area contributed by atoms with Crippen LogP contribution < -0.4 is 4.74 Å². The van der Waals surface area contributed by atoms with E-state index in [1.54, 1.807) is 13.0 Å². The molecule has 1 aromatic heterocycles. The lowest BCUT2D eigenvalue weighted by atomic mass is 10.1. The third-order valence-electron chi connectivity index (χ3n) is 2.07. The number of halogens is 2. The zero-order valence-electron chi connectivity index (χ0n) is 9.24. The molecule has 1 heterocycles. The van der Waals surface area contributed by atoms with E-state index in [2.05, 4.69) is 15.0 Å². The number of rotatable bonds is 2. The predicted molar refractivity (Wildman–Crippen MR) is 61.5 cm³/mol. The van der Waals surface area contributed by atoms with Gasteiger partial charge in [-0.1, -0.05) is 0 Å². The summed E-state index contributed by atoms with van der Waals surface area (Å²) in [5.41, 5.74) is 1.31. The van der Waals surface area contributed by atoms with E-state index in [9.17, 15) is 4.39 Å². The third-order valence-corrected chi connectivity index (χ3v) is 2.24. The average molecular weight is 254 g/mol. The molecule has 0 saturated heterocycles. The Morgan fingerprint density at radius 1 is 1.18 bits per heavy atom. The van der Waals surface area contributed by atoms with Crippen LogP contribution in [0.1, 0.15) is 5.56 Å². The fraction of sp³-hybridized carbons (Fsp3) is 0.182. The second-order valence-corrected chi connectivity index (χ2v) is 3.77. The standard InChI is InChI=1S/C11H9ClFN3O/c1-6-3-7(5-8(13)4-6)9-14-10(12)16-11(15-9)17-2/h3-5H,1-2H3. The van der Waals surface area contributed by atoms with Crippen LogP contribution in [0.2, 0.25) is 5.28 Å². The Labute approximate surface area is 102 Å². The van der Waals surface area contributed by atoms with Crippen LogP contribution in [0.5, 0.6) is 6.01 Å². The fourth-order valence-electron chi connectivity index (χ4n) is 1.42. The summed E-state index contributed by atoms with van der Waals surface area (Å²) in [6.07, 6.45) is 0. The van der Waals surface area contributed by atoms with Crippen molar-refractivity contribution in [3.63, 3.8) is 0 Å². The number of nitrogens with zero attached hydrogens (tertiary/aromatic N) is 3. The molecule has 4 nitrogen and oxygen atoms in total. The molecule has 0 spiro atoms. The van der Waals surface area contributed by atoms with Gasteiger partial charge in [-0.2, -0.15) is 15.0 Å². The minimum absolute atomic E-state index is 0.00812. The summed E-state index contributed by atoms with van der Waals surface area (Å²) >= 11 is 5.72. The highest BCUT2D eigenvalue weighted by Gasteiger charge is 2.09. The number of aromatic nitrogens is 3. The van der Waals surface area contributed by atoms with Crippen LogP contribution in [0.25, 0.3) is 11.4 Å². The van der Waals surface area contributed by atoms with Gasteiger partial charge in [0.15, 0.2) is 5.82 Å². The summed E-state index contributed by atoms with van der Waals surface area (Å²) < 4.78 is 18.1. The Morgan fingerprint density at radius 3 is 2.59 bits per heavy atom. The maximum atomic E-state index is 13.3. The van der Waals surface area contributed by atoms with Crippen molar-refractivity contribution in [2.75, 3.05) is 7.11 Å². The van der Waals surface area contributed by atoms with Gasteiger partial charge in [-0.3, -0.25) is 0 Å². The number of ether oxygens (including phenoxy) is 1. The van der Waals surface area contributed by atoms with Gasteiger partial charge in [0, 0.05) is 5.56 Å². The molecule has 1 aromatic carbocycles. The molecule has 0 radical (unpaired) electrons. The molecule has 0 fully saturated rings. The van der Waals surface area contributed by atoms with Gasteiger partial charge < -0.3 is 4.74 Å². The lowest BCUT2D eigenvalue weighted by Gasteiger charge is -2.04. The molecule has 0 aliphatic heterocycles. The highest BCUT2D eigenvalue weighted by molar-refractivity contribution is 6.28. The Hall–Kier alpha value is -1.75. The molecule has 2 aromatic rings. The van der Waals surface area contributed by atoms with E-state index in [-0.39, 0.29) is 22.9 Å². The molecule has 88 valence electrons. The van der Waals surface area contributed by atoms with Gasteiger partial charge in [0.25, 0.3) is 0 Å². The van der Waals surface area contributed by atoms with E-state index >= 15 is 0 Å². The minimum Gasteiger partial charge on any atom is -0.467 e. The molecule has 0 aliphatic carbocycles. The molecule has 17 heavy (non-hydrogen) atoms. The monoisotopic (exact) mass is 253 g/mol. The van der Waals surface area contributed by atoms with Gasteiger partial charge in [0.2, 0.25) is 5.28 Å². The van der Waals surface area contributed by atoms with Crippen LogP contribution in [-0.2, 0) is 0 Å². The first-order valence-corrected chi connectivity index (χ1v) is 5.19. The van der Waals surface area contributed by atoms with Gasteiger partial charge in [-0.25, -0.2) is 4.39 Å². The van der Waals surface area contributed by atoms with Crippen molar-refractivity contribution in [2.24, 2.45) is 0 Å². The largest absolute Gasteiger partial charge is 0.467 e. The van der Waals surface area contributed by atoms with Crippen LogP contribution in [0.4, 0.5) is 4.39 Å². The number of methoxy groups -OCH3 is 1. The second-order valence-electron chi connectivity index (χ2n) is 3.43. The molecule has 6 heteroatoms. The Bertz CT molecular complexity index is 542. The van der Waals surface area contributed by atoms with Crippen LogP contribution >= 0.6 is 11.6 Å². The quantitative estimate of drug-likeness (QED) is 0.826. The van der Waals surface area contributed by atoms with Crippen LogP contribution in [-0.4, -0.2) is 22.1 Å². The summed E-state index contributed by atoms with van der Waals surface area (Å²) in [5.74, 6) is -0.0695. The van der Waals surface area contributed by atoms with Crippen LogP contribution in [0.3, 0.4) is 0 Å². The third kappa shape index (κ3) is 2.68. The number of benzene rings is 1. The maximum Gasteiger partial charge on any atom is 0.321 e. The molecule has 0 aliphatic rings. The highest BCUT2D eigenvalue weighted by atomic mass is 35.5. The van der Waals surface area contributed by atoms with Crippen LogP contribution in [0, 0.1) is 12.7 Å². The fourth-order valence-corrected chi connectivity index (χ4v) is 1.57. The zero-order valence-corrected chi connectivity index (χ0v) is 9.99. The molecule has 2 rings (SSSR count). The van der Waals surface area contributed by atoms with E-state index < -0.39 is 0 Å². The topological polar surface area (TPSA) is 47.9 Å². The molecule has 0 amide bonds. The summed E-state index contributed by atoms with van der Waals surface area (Å²) in [6.45, 7) is 1.78. The molecule has 0 bridgehead atoms. The normalized spacial score (nSPS) is 10.4. The predicted octanol–water partition coefficient (Wildman–Crippen LogP) is 2.65. The zero-order chi connectivity index (χ0) is 12.4. The second kappa shape index (κ2) is 4.63. The van der Waals surface area contributed by atoms with E-state index in [1.165, 1.54) is 19.2 Å². The van der Waals surface area contributed by atoms with Gasteiger partial charge in [-0.15, -0.1) is 0 Å². The van der Waals surface area contributed by atoms with Crippen molar-refractivity contribution in [3.8, 4) is 17.4 Å². The summed E-state index contributed by atoms with van der Waals surface area (Å²) in [4.78, 5) is 11.7. The average Bonchev–Trinajstić information content (AvgIpc) is 2.26. The van der Waals surface area contributed by atoms with Gasteiger partial charge in [0.1, 0.15) is 5.82 Å². The van der Waals surface area contributed by atoms with E-state index in [0.29, 0.717) is 5.56 Å². The van der Waals surface area contributed by atoms with Gasteiger partial charge in [-0.05, 0) is 42.3 Å². The Morgan fingerprint density at radius 2 is 1.94 bits per heavy atom. The lowest BCUT2D eigenvalue weighted by Crippen LogP contribution is -1.98. The highest BCUT2D eigenvalue weighted by Crippen LogP contribution is 2.21. The molecular formula is C11H9ClFN3O. The lowest BCUT2D eigenvalue weighted by molar-refractivity contribution is 0.379. The van der Waals surface area contributed by atoms with Gasteiger partial charge in [0.05, 0.1) is 7.11 Å². The molecular weight excluding hydrogens is 245 g/mol. The molecule has 0 N–H and O–H groups in total. The Balaban J connectivity index is 2.55. The van der Waals surface area contributed by atoms with E-state index in [4.69, 9.17) is 16.3 Å². The number of hydrogen-bond acceptors (Lipinski definition) is 4. The maximum absolute atomic E-state index is 13.3. The van der Waals surface area contributed by atoms with Crippen molar-refractivity contribution in [2.45, 2.75) is 6.92 Å². The molecule has 0 unspecified atom stereocenters. The van der Waals surface area contributed by atoms with Crippen LogP contribution in [0.15, 0.2) is 18.2 Å². The van der Waals surface area contributed by atoms with Crippen molar-refractivity contribution in [1.82, 2.24) is 15.0 Å². The first kappa shape index (κ1) is 11.7. The molecule has 0 atom stereocenters. The SMILES string of the molecule is COc1nc(Cl)nc(-c2cc(C)cc(F)c2)n1. The first-order chi connectivity index (χ1) is 8.08. The van der Waals surface area contributed by atoms with E-state index in [0.717, 1.165) is 5.56 Å². The number of hydrogen-bond donors (Lipinski definition) is 0. The molecule has 0 saturated carbocycles.